The predicted octanol–water partition coefficient (Wildman–Crippen LogP) is 3.28. The Hall–Kier alpha value is -2.80. The number of amides is 1. The van der Waals surface area contributed by atoms with Crippen molar-refractivity contribution < 1.29 is 9.53 Å². The Bertz CT molecular complexity index is 849. The van der Waals surface area contributed by atoms with Gasteiger partial charge in [-0.15, -0.1) is 5.10 Å². The standard InChI is InChI=1S/C19H20N4O2S/c1-13(18(24)20-12-14-8-10-16(25-2)11-9-14)26-19-21-17(22-23-19)15-6-4-3-5-7-15/h3-11,13H,12H2,1-2H3,(H,20,24)(H,21,22,23)/t13-/m1/s1. The average molecular weight is 368 g/mol. The van der Waals surface area contributed by atoms with Crippen LogP contribution in [0, 0.1) is 0 Å². The monoisotopic (exact) mass is 368 g/mol. The molecule has 1 heterocycles. The Kier molecular flexibility index (Phi) is 5.91. The Morgan fingerprint density at radius 3 is 2.62 bits per heavy atom. The van der Waals surface area contributed by atoms with Gasteiger partial charge in [0.05, 0.1) is 12.4 Å². The number of carbonyl (C=O) groups is 1. The summed E-state index contributed by atoms with van der Waals surface area (Å²) < 4.78 is 5.13. The van der Waals surface area contributed by atoms with Gasteiger partial charge in [-0.05, 0) is 24.6 Å². The Balaban J connectivity index is 1.53. The fourth-order valence-electron chi connectivity index (χ4n) is 2.31. The number of benzene rings is 2. The minimum absolute atomic E-state index is 0.0584. The van der Waals surface area contributed by atoms with Crippen LogP contribution in [0.25, 0.3) is 11.4 Å². The van der Waals surface area contributed by atoms with Crippen molar-refractivity contribution in [3.8, 4) is 17.1 Å². The molecule has 0 saturated heterocycles. The van der Waals surface area contributed by atoms with E-state index in [2.05, 4.69) is 20.5 Å². The third kappa shape index (κ3) is 4.64. The number of nitrogens with one attached hydrogen (secondary N) is 2. The van der Waals surface area contributed by atoms with Crippen LogP contribution in [0.2, 0.25) is 0 Å². The number of nitrogens with zero attached hydrogens (tertiary/aromatic N) is 2. The quantitative estimate of drug-likeness (QED) is 0.626. The molecule has 0 aliphatic carbocycles. The van der Waals surface area contributed by atoms with Crippen molar-refractivity contribution in [2.45, 2.75) is 23.9 Å². The molecular formula is C19H20N4O2S. The molecule has 6 nitrogen and oxygen atoms in total. The van der Waals surface area contributed by atoms with Crippen LogP contribution < -0.4 is 10.1 Å². The van der Waals surface area contributed by atoms with E-state index >= 15 is 0 Å². The zero-order chi connectivity index (χ0) is 18.4. The lowest BCUT2D eigenvalue weighted by molar-refractivity contribution is -0.120. The van der Waals surface area contributed by atoms with E-state index in [4.69, 9.17) is 4.74 Å². The van der Waals surface area contributed by atoms with Crippen LogP contribution in [-0.2, 0) is 11.3 Å². The van der Waals surface area contributed by atoms with Crippen molar-refractivity contribution in [3.63, 3.8) is 0 Å². The number of carbonyl (C=O) groups excluding carboxylic acids is 1. The van der Waals surface area contributed by atoms with E-state index in [0.717, 1.165) is 16.9 Å². The zero-order valence-electron chi connectivity index (χ0n) is 14.6. The minimum atomic E-state index is -0.298. The molecule has 7 heteroatoms. The van der Waals surface area contributed by atoms with E-state index in [1.165, 1.54) is 11.8 Å². The number of hydrogen-bond acceptors (Lipinski definition) is 5. The molecule has 2 aromatic carbocycles. The Morgan fingerprint density at radius 2 is 1.92 bits per heavy atom. The molecule has 3 rings (SSSR count). The van der Waals surface area contributed by atoms with Gasteiger partial charge in [0.15, 0.2) is 5.82 Å². The maximum absolute atomic E-state index is 12.3. The molecular weight excluding hydrogens is 348 g/mol. The molecule has 0 aliphatic rings. The molecule has 0 aliphatic heterocycles. The lowest BCUT2D eigenvalue weighted by Crippen LogP contribution is -2.30. The van der Waals surface area contributed by atoms with Gasteiger partial charge in [0.25, 0.3) is 0 Å². The smallest absolute Gasteiger partial charge is 0.233 e. The normalized spacial score (nSPS) is 11.8. The summed E-state index contributed by atoms with van der Waals surface area (Å²) in [6, 6.07) is 17.4. The number of ether oxygens (including phenoxy) is 1. The number of aromatic nitrogens is 3. The second kappa shape index (κ2) is 8.53. The Morgan fingerprint density at radius 1 is 1.19 bits per heavy atom. The zero-order valence-corrected chi connectivity index (χ0v) is 15.4. The minimum Gasteiger partial charge on any atom is -0.497 e. The van der Waals surface area contributed by atoms with Crippen LogP contribution in [0.5, 0.6) is 5.75 Å². The third-order valence-electron chi connectivity index (χ3n) is 3.79. The molecule has 0 spiro atoms. The molecule has 26 heavy (non-hydrogen) atoms. The molecule has 2 N–H and O–H groups in total. The fourth-order valence-corrected chi connectivity index (χ4v) is 3.06. The molecule has 1 aromatic heterocycles. The summed E-state index contributed by atoms with van der Waals surface area (Å²) in [5, 5.41) is 10.3. The van der Waals surface area contributed by atoms with E-state index < -0.39 is 0 Å². The van der Waals surface area contributed by atoms with Crippen LogP contribution in [0.15, 0.2) is 59.8 Å². The molecule has 1 amide bonds. The lowest BCUT2D eigenvalue weighted by Gasteiger charge is -2.10. The van der Waals surface area contributed by atoms with Gasteiger partial charge in [0.2, 0.25) is 11.1 Å². The molecule has 0 unspecified atom stereocenters. The van der Waals surface area contributed by atoms with Gasteiger partial charge in [-0.3, -0.25) is 9.89 Å². The topological polar surface area (TPSA) is 79.9 Å². The first-order chi connectivity index (χ1) is 12.7. The van der Waals surface area contributed by atoms with Crippen molar-refractivity contribution in [1.29, 1.82) is 0 Å². The lowest BCUT2D eigenvalue weighted by atomic mass is 10.2. The largest absolute Gasteiger partial charge is 0.497 e. The van der Waals surface area contributed by atoms with Crippen molar-refractivity contribution >= 4 is 17.7 Å². The second-order valence-corrected chi connectivity index (χ2v) is 6.97. The van der Waals surface area contributed by atoms with E-state index in [1.54, 1.807) is 7.11 Å². The van der Waals surface area contributed by atoms with Crippen LogP contribution in [0.1, 0.15) is 12.5 Å². The van der Waals surface area contributed by atoms with Crippen molar-refractivity contribution in [2.24, 2.45) is 0 Å². The van der Waals surface area contributed by atoms with Crippen LogP contribution in [-0.4, -0.2) is 33.4 Å². The molecule has 0 bridgehead atoms. The highest BCUT2D eigenvalue weighted by Gasteiger charge is 2.17. The first-order valence-electron chi connectivity index (χ1n) is 8.21. The summed E-state index contributed by atoms with van der Waals surface area (Å²) in [5.41, 5.74) is 1.98. The summed E-state index contributed by atoms with van der Waals surface area (Å²) in [7, 11) is 1.63. The summed E-state index contributed by atoms with van der Waals surface area (Å²) in [6.07, 6.45) is 0. The van der Waals surface area contributed by atoms with Crippen molar-refractivity contribution in [1.82, 2.24) is 20.5 Å². The fraction of sp³-hybridized carbons (Fsp3) is 0.211. The highest BCUT2D eigenvalue weighted by atomic mass is 32.2. The average Bonchev–Trinajstić information content (AvgIpc) is 3.15. The molecule has 0 fully saturated rings. The first-order valence-corrected chi connectivity index (χ1v) is 9.09. The van der Waals surface area contributed by atoms with Crippen LogP contribution in [0.3, 0.4) is 0 Å². The van der Waals surface area contributed by atoms with Gasteiger partial charge in [-0.25, -0.2) is 4.98 Å². The number of H-pyrrole nitrogens is 1. The second-order valence-electron chi connectivity index (χ2n) is 5.66. The summed E-state index contributed by atoms with van der Waals surface area (Å²) in [5.74, 6) is 1.43. The maximum atomic E-state index is 12.3. The number of thioether (sulfide) groups is 1. The van der Waals surface area contributed by atoms with E-state index in [1.807, 2.05) is 61.5 Å². The van der Waals surface area contributed by atoms with E-state index in [9.17, 15) is 4.79 Å². The van der Waals surface area contributed by atoms with Gasteiger partial charge >= 0.3 is 0 Å². The molecule has 3 aromatic rings. The number of rotatable bonds is 7. The van der Waals surface area contributed by atoms with Gasteiger partial charge in [0.1, 0.15) is 5.75 Å². The van der Waals surface area contributed by atoms with E-state index in [0.29, 0.717) is 17.5 Å². The predicted molar refractivity (Wildman–Crippen MR) is 102 cm³/mol. The summed E-state index contributed by atoms with van der Waals surface area (Å²) in [4.78, 5) is 16.7. The highest BCUT2D eigenvalue weighted by molar-refractivity contribution is 8.00. The number of hydrogen-bond donors (Lipinski definition) is 2. The van der Waals surface area contributed by atoms with Gasteiger partial charge < -0.3 is 10.1 Å². The molecule has 1 atom stereocenters. The van der Waals surface area contributed by atoms with Gasteiger partial charge in [0, 0.05) is 12.1 Å². The van der Waals surface area contributed by atoms with E-state index in [-0.39, 0.29) is 11.2 Å². The Labute approximate surface area is 156 Å². The van der Waals surface area contributed by atoms with Gasteiger partial charge in [-0.2, -0.15) is 0 Å². The first kappa shape index (κ1) is 18.0. The summed E-state index contributed by atoms with van der Waals surface area (Å²) in [6.45, 7) is 2.31. The SMILES string of the molecule is COc1ccc(CNC(=O)[C@@H](C)Sc2n[nH]c(-c3ccccc3)n2)cc1. The van der Waals surface area contributed by atoms with Crippen molar-refractivity contribution in [3.05, 3.63) is 60.2 Å². The number of methoxy groups -OCH3 is 1. The van der Waals surface area contributed by atoms with Crippen LogP contribution in [0.4, 0.5) is 0 Å². The number of aromatic amines is 1. The summed E-state index contributed by atoms with van der Waals surface area (Å²) >= 11 is 1.32. The molecule has 134 valence electrons. The van der Waals surface area contributed by atoms with Crippen molar-refractivity contribution in [2.75, 3.05) is 7.11 Å². The maximum Gasteiger partial charge on any atom is 0.233 e. The molecule has 0 radical (unpaired) electrons. The third-order valence-corrected chi connectivity index (χ3v) is 4.75. The van der Waals surface area contributed by atoms with Crippen LogP contribution >= 0.6 is 11.8 Å². The highest BCUT2D eigenvalue weighted by Crippen LogP contribution is 2.22. The van der Waals surface area contributed by atoms with Gasteiger partial charge in [-0.1, -0.05) is 54.2 Å². The molecule has 0 saturated carbocycles.